The van der Waals surface area contributed by atoms with Crippen LogP contribution in [0, 0.1) is 0 Å². The third kappa shape index (κ3) is 1.50. The van der Waals surface area contributed by atoms with Crippen molar-refractivity contribution >= 4 is 5.97 Å². The van der Waals surface area contributed by atoms with E-state index in [1.54, 1.807) is 12.1 Å². The Morgan fingerprint density at radius 2 is 2.38 bits per heavy atom. The summed E-state index contributed by atoms with van der Waals surface area (Å²) in [6.07, 6.45) is 1.03. The van der Waals surface area contributed by atoms with Crippen molar-refractivity contribution in [3.8, 4) is 11.5 Å². The van der Waals surface area contributed by atoms with Crippen molar-refractivity contribution in [3.63, 3.8) is 0 Å². The summed E-state index contributed by atoms with van der Waals surface area (Å²) < 4.78 is 10.4. The number of rotatable bonds is 2. The smallest absolute Gasteiger partial charge is 0.350 e. The number of esters is 1. The fourth-order valence-electron chi connectivity index (χ4n) is 1.98. The zero-order chi connectivity index (χ0) is 11.8. The Bertz CT molecular complexity index is 427. The molecule has 0 spiro atoms. The van der Waals surface area contributed by atoms with Crippen LogP contribution in [0.5, 0.6) is 11.5 Å². The average Bonchev–Trinajstić information content (AvgIpc) is 2.67. The normalized spacial score (nSPS) is 22.4. The minimum absolute atomic E-state index is 0.135. The largest absolute Gasteiger partial charge is 0.508 e. The molecular weight excluding hydrogens is 208 g/mol. The van der Waals surface area contributed by atoms with E-state index in [1.807, 2.05) is 6.92 Å². The van der Waals surface area contributed by atoms with Crippen LogP contribution >= 0.6 is 0 Å². The third-order valence-corrected chi connectivity index (χ3v) is 2.96. The zero-order valence-corrected chi connectivity index (χ0v) is 9.32. The summed E-state index contributed by atoms with van der Waals surface area (Å²) in [5, 5.41) is 9.34. The predicted octanol–water partition coefficient (Wildman–Crippen LogP) is 1.65. The fourth-order valence-corrected chi connectivity index (χ4v) is 1.98. The Morgan fingerprint density at radius 3 is 3.00 bits per heavy atom. The second-order valence-electron chi connectivity index (χ2n) is 3.91. The van der Waals surface area contributed by atoms with Crippen LogP contribution in [0.2, 0.25) is 0 Å². The maximum absolute atomic E-state index is 11.7. The van der Waals surface area contributed by atoms with Crippen LogP contribution < -0.4 is 4.74 Å². The molecule has 0 radical (unpaired) electrons. The Hall–Kier alpha value is -1.71. The Morgan fingerprint density at radius 1 is 1.62 bits per heavy atom. The van der Waals surface area contributed by atoms with E-state index in [0.29, 0.717) is 18.6 Å². The van der Waals surface area contributed by atoms with Crippen molar-refractivity contribution in [3.05, 3.63) is 23.8 Å². The lowest BCUT2D eigenvalue weighted by molar-refractivity contribution is -0.157. The molecule has 0 bridgehead atoms. The summed E-state index contributed by atoms with van der Waals surface area (Å²) >= 11 is 0. The van der Waals surface area contributed by atoms with E-state index in [-0.39, 0.29) is 11.7 Å². The molecule has 0 aromatic heterocycles. The minimum Gasteiger partial charge on any atom is -0.508 e. The third-order valence-electron chi connectivity index (χ3n) is 2.96. The summed E-state index contributed by atoms with van der Waals surface area (Å²) in [6, 6.07) is 4.88. The lowest BCUT2D eigenvalue weighted by atomic mass is 9.94. The van der Waals surface area contributed by atoms with Gasteiger partial charge in [0.05, 0.1) is 7.11 Å². The molecule has 2 rings (SSSR count). The van der Waals surface area contributed by atoms with E-state index in [0.717, 1.165) is 5.56 Å². The van der Waals surface area contributed by atoms with Gasteiger partial charge >= 0.3 is 5.97 Å². The Kier molecular flexibility index (Phi) is 2.50. The minimum atomic E-state index is -0.926. The molecule has 0 saturated heterocycles. The first-order valence-electron chi connectivity index (χ1n) is 5.20. The van der Waals surface area contributed by atoms with Crippen molar-refractivity contribution in [2.45, 2.75) is 25.4 Å². The topological polar surface area (TPSA) is 55.8 Å². The van der Waals surface area contributed by atoms with Crippen LogP contribution in [-0.4, -0.2) is 23.8 Å². The first-order chi connectivity index (χ1) is 7.61. The molecular formula is C12H14O4. The molecule has 16 heavy (non-hydrogen) atoms. The number of ether oxygens (including phenoxy) is 2. The fraction of sp³-hybridized carbons (Fsp3) is 0.417. The molecule has 1 aliphatic rings. The summed E-state index contributed by atoms with van der Waals surface area (Å²) in [7, 11) is 1.35. The van der Waals surface area contributed by atoms with Crippen LogP contribution in [0.4, 0.5) is 0 Å². The van der Waals surface area contributed by atoms with Crippen molar-refractivity contribution in [2.24, 2.45) is 0 Å². The number of carbonyl (C=O) groups excluding carboxylic acids is 1. The van der Waals surface area contributed by atoms with Gasteiger partial charge in [-0.1, -0.05) is 13.0 Å². The Labute approximate surface area is 93.8 Å². The van der Waals surface area contributed by atoms with Gasteiger partial charge in [0.1, 0.15) is 11.5 Å². The second-order valence-corrected chi connectivity index (χ2v) is 3.91. The Balaban J connectivity index is 2.35. The van der Waals surface area contributed by atoms with Gasteiger partial charge in [-0.05, 0) is 18.1 Å². The molecule has 0 aliphatic carbocycles. The second kappa shape index (κ2) is 3.70. The zero-order valence-electron chi connectivity index (χ0n) is 9.32. The molecule has 1 aliphatic heterocycles. The first-order valence-corrected chi connectivity index (χ1v) is 5.20. The predicted molar refractivity (Wildman–Crippen MR) is 57.5 cm³/mol. The average molecular weight is 222 g/mol. The molecule has 4 heteroatoms. The highest BCUT2D eigenvalue weighted by Gasteiger charge is 2.45. The van der Waals surface area contributed by atoms with Crippen molar-refractivity contribution in [2.75, 3.05) is 7.11 Å². The molecule has 1 aromatic rings. The van der Waals surface area contributed by atoms with Crippen LogP contribution in [0.15, 0.2) is 18.2 Å². The standard InChI is InChI=1S/C12H14O4/c1-3-12(11(14)15-2)7-8-4-5-9(13)6-10(8)16-12/h4-6,13H,3,7H2,1-2H3. The van der Waals surface area contributed by atoms with Crippen molar-refractivity contribution in [1.82, 2.24) is 0 Å². The van der Waals surface area contributed by atoms with Crippen LogP contribution in [0.3, 0.4) is 0 Å². The summed E-state index contributed by atoms with van der Waals surface area (Å²) in [4.78, 5) is 11.7. The molecule has 0 fully saturated rings. The summed E-state index contributed by atoms with van der Waals surface area (Å²) in [5.74, 6) is 0.327. The molecule has 1 heterocycles. The van der Waals surface area contributed by atoms with E-state index in [9.17, 15) is 9.90 Å². The van der Waals surface area contributed by atoms with Crippen molar-refractivity contribution < 1.29 is 19.4 Å². The van der Waals surface area contributed by atoms with E-state index >= 15 is 0 Å². The van der Waals surface area contributed by atoms with Crippen LogP contribution in [0.25, 0.3) is 0 Å². The number of methoxy groups -OCH3 is 1. The highest BCUT2D eigenvalue weighted by atomic mass is 16.6. The molecule has 0 saturated carbocycles. The highest BCUT2D eigenvalue weighted by molar-refractivity contribution is 5.81. The summed E-state index contributed by atoms with van der Waals surface area (Å²) in [6.45, 7) is 1.88. The molecule has 1 aromatic carbocycles. The van der Waals surface area contributed by atoms with Gasteiger partial charge in [-0.25, -0.2) is 4.79 Å². The van der Waals surface area contributed by atoms with E-state index < -0.39 is 5.60 Å². The molecule has 1 unspecified atom stereocenters. The van der Waals surface area contributed by atoms with Gasteiger partial charge in [-0.3, -0.25) is 0 Å². The maximum atomic E-state index is 11.7. The van der Waals surface area contributed by atoms with E-state index in [1.165, 1.54) is 13.2 Å². The molecule has 1 N–H and O–H groups in total. The van der Waals surface area contributed by atoms with Gasteiger partial charge in [0.25, 0.3) is 0 Å². The monoisotopic (exact) mass is 222 g/mol. The highest BCUT2D eigenvalue weighted by Crippen LogP contribution is 2.39. The molecule has 86 valence electrons. The number of aromatic hydroxyl groups is 1. The SMILES string of the molecule is CCC1(C(=O)OC)Cc2ccc(O)cc2O1. The molecule has 1 atom stereocenters. The van der Waals surface area contributed by atoms with Crippen molar-refractivity contribution in [1.29, 1.82) is 0 Å². The number of hydrogen-bond donors (Lipinski definition) is 1. The quantitative estimate of drug-likeness (QED) is 0.773. The maximum Gasteiger partial charge on any atom is 0.350 e. The number of phenols is 1. The molecule has 4 nitrogen and oxygen atoms in total. The van der Waals surface area contributed by atoms with Gasteiger partial charge in [-0.2, -0.15) is 0 Å². The first kappa shape index (κ1) is 10.8. The van der Waals surface area contributed by atoms with Gasteiger partial charge in [-0.15, -0.1) is 0 Å². The van der Waals surface area contributed by atoms with Gasteiger partial charge < -0.3 is 14.6 Å². The van der Waals surface area contributed by atoms with Crippen LogP contribution in [0.1, 0.15) is 18.9 Å². The van der Waals surface area contributed by atoms with Gasteiger partial charge in [0, 0.05) is 12.5 Å². The number of phenolic OH excluding ortho intramolecular Hbond substituents is 1. The van der Waals surface area contributed by atoms with Gasteiger partial charge in [0.15, 0.2) is 0 Å². The lowest BCUT2D eigenvalue weighted by Gasteiger charge is -2.23. The lowest BCUT2D eigenvalue weighted by Crippen LogP contribution is -2.43. The van der Waals surface area contributed by atoms with Crippen LogP contribution in [-0.2, 0) is 16.0 Å². The van der Waals surface area contributed by atoms with E-state index in [4.69, 9.17) is 9.47 Å². The number of hydrogen-bond acceptors (Lipinski definition) is 4. The number of fused-ring (bicyclic) bond motifs is 1. The van der Waals surface area contributed by atoms with E-state index in [2.05, 4.69) is 0 Å². The summed E-state index contributed by atoms with van der Waals surface area (Å²) in [5.41, 5.74) is -0.00437. The number of carbonyl (C=O) groups is 1. The molecule has 0 amide bonds. The van der Waals surface area contributed by atoms with Gasteiger partial charge in [0.2, 0.25) is 5.60 Å². The number of benzene rings is 1.